The fraction of sp³-hybridized carbons (Fsp3) is 0.300. The first-order chi connectivity index (χ1) is 13.3. The number of amides is 2. The SMILES string of the molecule is Cc1ccn(CC(=O)Nc2ccc(C(=O)N3CCCC3C(=O)O)cc2)c(=O)c1. The molecule has 1 aromatic carbocycles. The van der Waals surface area contributed by atoms with Gasteiger partial charge in [-0.1, -0.05) is 0 Å². The molecule has 3 rings (SSSR count). The third kappa shape index (κ3) is 4.28. The molecule has 2 amide bonds. The van der Waals surface area contributed by atoms with Gasteiger partial charge in [0.15, 0.2) is 0 Å². The molecule has 2 aromatic rings. The minimum atomic E-state index is -0.999. The number of nitrogens with one attached hydrogen (secondary N) is 1. The summed E-state index contributed by atoms with van der Waals surface area (Å²) in [5.74, 6) is -1.70. The third-order valence-corrected chi connectivity index (χ3v) is 4.68. The molecule has 2 heterocycles. The fourth-order valence-electron chi connectivity index (χ4n) is 3.22. The molecular formula is C20H21N3O5. The molecule has 8 nitrogen and oxygen atoms in total. The van der Waals surface area contributed by atoms with Crippen LogP contribution in [-0.4, -0.2) is 44.9 Å². The number of aromatic nitrogens is 1. The van der Waals surface area contributed by atoms with Gasteiger partial charge in [0.2, 0.25) is 5.91 Å². The Kier molecular flexibility index (Phi) is 5.58. The fourth-order valence-corrected chi connectivity index (χ4v) is 3.22. The Hall–Kier alpha value is -3.42. The maximum absolute atomic E-state index is 12.5. The van der Waals surface area contributed by atoms with Gasteiger partial charge < -0.3 is 19.9 Å². The minimum absolute atomic E-state index is 0.117. The molecule has 1 unspecified atom stereocenters. The van der Waals surface area contributed by atoms with Gasteiger partial charge in [0, 0.05) is 30.1 Å². The Morgan fingerprint density at radius 3 is 2.54 bits per heavy atom. The standard InChI is InChI=1S/C20H21N3O5/c1-13-8-10-22(18(25)11-13)12-17(24)21-15-6-4-14(5-7-15)19(26)23-9-2-3-16(23)20(27)28/h4-8,10-11,16H,2-3,9,12H2,1H3,(H,21,24)(H,27,28). The summed E-state index contributed by atoms with van der Waals surface area (Å²) in [7, 11) is 0. The molecule has 1 saturated heterocycles. The summed E-state index contributed by atoms with van der Waals surface area (Å²) in [6.07, 6.45) is 2.68. The normalized spacial score (nSPS) is 16.0. The summed E-state index contributed by atoms with van der Waals surface area (Å²) < 4.78 is 1.31. The van der Waals surface area contributed by atoms with Gasteiger partial charge in [-0.3, -0.25) is 14.4 Å². The first kappa shape index (κ1) is 19.3. The van der Waals surface area contributed by atoms with E-state index in [1.165, 1.54) is 15.5 Å². The van der Waals surface area contributed by atoms with Gasteiger partial charge in [-0.15, -0.1) is 0 Å². The monoisotopic (exact) mass is 383 g/mol. The predicted octanol–water partition coefficient (Wildman–Crippen LogP) is 1.48. The number of hydrogen-bond donors (Lipinski definition) is 2. The highest BCUT2D eigenvalue weighted by Crippen LogP contribution is 2.21. The Bertz CT molecular complexity index is 965. The van der Waals surface area contributed by atoms with Crippen molar-refractivity contribution in [1.29, 1.82) is 0 Å². The van der Waals surface area contributed by atoms with E-state index in [4.69, 9.17) is 0 Å². The van der Waals surface area contributed by atoms with E-state index in [2.05, 4.69) is 5.32 Å². The smallest absolute Gasteiger partial charge is 0.326 e. The highest BCUT2D eigenvalue weighted by Gasteiger charge is 2.34. The molecule has 0 saturated carbocycles. The minimum Gasteiger partial charge on any atom is -0.480 e. The molecule has 0 bridgehead atoms. The summed E-state index contributed by atoms with van der Waals surface area (Å²) in [6, 6.07) is 8.66. The van der Waals surface area contributed by atoms with Crippen molar-refractivity contribution in [3.63, 3.8) is 0 Å². The van der Waals surface area contributed by atoms with Crippen molar-refractivity contribution in [3.05, 3.63) is 64.1 Å². The van der Waals surface area contributed by atoms with Gasteiger partial charge in [0.25, 0.3) is 11.5 Å². The highest BCUT2D eigenvalue weighted by atomic mass is 16.4. The number of anilines is 1. The number of benzene rings is 1. The van der Waals surface area contributed by atoms with Crippen LogP contribution < -0.4 is 10.9 Å². The van der Waals surface area contributed by atoms with Crippen LogP contribution in [0.15, 0.2) is 47.4 Å². The second kappa shape index (κ2) is 8.08. The average molecular weight is 383 g/mol. The number of carboxylic acids is 1. The van der Waals surface area contributed by atoms with Crippen LogP contribution in [0.4, 0.5) is 5.69 Å². The molecule has 0 aliphatic carbocycles. The second-order valence-corrected chi connectivity index (χ2v) is 6.79. The number of aryl methyl sites for hydroxylation is 1. The lowest BCUT2D eigenvalue weighted by Crippen LogP contribution is -2.40. The predicted molar refractivity (Wildman–Crippen MR) is 102 cm³/mol. The number of pyridine rings is 1. The van der Waals surface area contributed by atoms with Gasteiger partial charge in [0.05, 0.1) is 0 Å². The Morgan fingerprint density at radius 2 is 1.89 bits per heavy atom. The average Bonchev–Trinajstić information content (AvgIpc) is 3.14. The van der Waals surface area contributed by atoms with Gasteiger partial charge in [0.1, 0.15) is 12.6 Å². The molecule has 1 atom stereocenters. The summed E-state index contributed by atoms with van der Waals surface area (Å²) in [4.78, 5) is 49.2. The van der Waals surface area contributed by atoms with Gasteiger partial charge in [-0.25, -0.2) is 4.79 Å². The van der Waals surface area contributed by atoms with Crippen molar-refractivity contribution in [2.24, 2.45) is 0 Å². The number of hydrogen-bond acceptors (Lipinski definition) is 4. The Labute approximate surface area is 161 Å². The van der Waals surface area contributed by atoms with Crippen LogP contribution in [-0.2, 0) is 16.1 Å². The third-order valence-electron chi connectivity index (χ3n) is 4.68. The van der Waals surface area contributed by atoms with Crippen molar-refractivity contribution in [2.75, 3.05) is 11.9 Å². The number of nitrogens with zero attached hydrogens (tertiary/aromatic N) is 2. The topological polar surface area (TPSA) is 109 Å². The van der Waals surface area contributed by atoms with Crippen LogP contribution >= 0.6 is 0 Å². The quantitative estimate of drug-likeness (QED) is 0.813. The number of carbonyl (C=O) groups excluding carboxylic acids is 2. The van der Waals surface area contributed by atoms with Crippen molar-refractivity contribution < 1.29 is 19.5 Å². The van der Waals surface area contributed by atoms with E-state index in [0.29, 0.717) is 30.6 Å². The molecule has 0 radical (unpaired) electrons. The summed E-state index contributed by atoms with van der Waals surface area (Å²) in [5.41, 5.74) is 1.42. The van der Waals surface area contributed by atoms with Crippen LogP contribution in [0.1, 0.15) is 28.8 Å². The van der Waals surface area contributed by atoms with Crippen molar-refractivity contribution >= 4 is 23.5 Å². The molecule has 28 heavy (non-hydrogen) atoms. The van der Waals surface area contributed by atoms with E-state index in [1.807, 2.05) is 0 Å². The van der Waals surface area contributed by atoms with Crippen molar-refractivity contribution in [3.8, 4) is 0 Å². The first-order valence-electron chi connectivity index (χ1n) is 8.96. The molecule has 0 spiro atoms. The van der Waals surface area contributed by atoms with E-state index in [-0.39, 0.29) is 23.9 Å². The lowest BCUT2D eigenvalue weighted by Gasteiger charge is -2.21. The molecule has 1 aliphatic rings. The van der Waals surface area contributed by atoms with E-state index < -0.39 is 12.0 Å². The zero-order valence-electron chi connectivity index (χ0n) is 15.4. The van der Waals surface area contributed by atoms with Gasteiger partial charge in [-0.05, 0) is 55.7 Å². The highest BCUT2D eigenvalue weighted by molar-refractivity contribution is 5.98. The van der Waals surface area contributed by atoms with Crippen LogP contribution in [0, 0.1) is 6.92 Å². The van der Waals surface area contributed by atoms with Crippen LogP contribution in [0.3, 0.4) is 0 Å². The number of rotatable bonds is 5. The molecule has 1 aliphatic heterocycles. The lowest BCUT2D eigenvalue weighted by molar-refractivity contribution is -0.141. The summed E-state index contributed by atoms with van der Waals surface area (Å²) >= 11 is 0. The summed E-state index contributed by atoms with van der Waals surface area (Å²) in [6.45, 7) is 2.10. The van der Waals surface area contributed by atoms with Gasteiger partial charge in [-0.2, -0.15) is 0 Å². The van der Waals surface area contributed by atoms with Crippen molar-refractivity contribution in [2.45, 2.75) is 32.4 Å². The number of aliphatic carboxylic acids is 1. The van der Waals surface area contributed by atoms with E-state index in [0.717, 1.165) is 5.56 Å². The number of carboxylic acid groups (broad SMARTS) is 1. The molecule has 146 valence electrons. The molecule has 8 heteroatoms. The second-order valence-electron chi connectivity index (χ2n) is 6.79. The number of likely N-dealkylation sites (tertiary alicyclic amines) is 1. The van der Waals surface area contributed by atoms with Crippen molar-refractivity contribution in [1.82, 2.24) is 9.47 Å². The maximum atomic E-state index is 12.5. The van der Waals surface area contributed by atoms with Crippen LogP contribution in [0.25, 0.3) is 0 Å². The molecule has 2 N–H and O–H groups in total. The largest absolute Gasteiger partial charge is 0.480 e. The van der Waals surface area contributed by atoms with Crippen LogP contribution in [0.5, 0.6) is 0 Å². The van der Waals surface area contributed by atoms with E-state index in [1.54, 1.807) is 43.5 Å². The van der Waals surface area contributed by atoms with E-state index >= 15 is 0 Å². The first-order valence-corrected chi connectivity index (χ1v) is 8.96. The maximum Gasteiger partial charge on any atom is 0.326 e. The van der Waals surface area contributed by atoms with Gasteiger partial charge >= 0.3 is 5.97 Å². The Morgan fingerprint density at radius 1 is 1.18 bits per heavy atom. The molecule has 1 aromatic heterocycles. The zero-order valence-corrected chi connectivity index (χ0v) is 15.4. The Balaban J connectivity index is 1.64. The number of carbonyl (C=O) groups is 3. The molecule has 1 fully saturated rings. The lowest BCUT2D eigenvalue weighted by atomic mass is 10.1. The molecular weight excluding hydrogens is 362 g/mol. The summed E-state index contributed by atoms with van der Waals surface area (Å²) in [5, 5.41) is 11.9. The van der Waals surface area contributed by atoms with E-state index in [9.17, 15) is 24.3 Å². The zero-order chi connectivity index (χ0) is 20.3. The van der Waals surface area contributed by atoms with Crippen LogP contribution in [0.2, 0.25) is 0 Å².